The molecule has 1 aliphatic heterocycles. The van der Waals surface area contributed by atoms with Crippen molar-refractivity contribution in [3.63, 3.8) is 0 Å². The Kier molecular flexibility index (Phi) is 3.19. The number of hydrogen-bond donors (Lipinski definition) is 0. The predicted octanol–water partition coefficient (Wildman–Crippen LogP) is 3.80. The average molecular weight is 162 g/mol. The van der Waals surface area contributed by atoms with Gasteiger partial charge in [-0.2, -0.15) is 0 Å². The molecule has 0 N–H and O–H groups in total. The normalized spacial score (nSPS) is 27.0. The first-order chi connectivity index (χ1) is 5.76. The van der Waals surface area contributed by atoms with Crippen LogP contribution >= 0.6 is 0 Å². The van der Waals surface area contributed by atoms with Gasteiger partial charge >= 0.3 is 0 Å². The molecule has 1 rings (SSSR count). The van der Waals surface area contributed by atoms with Crippen molar-refractivity contribution < 1.29 is 0 Å². The van der Waals surface area contributed by atoms with E-state index in [0.717, 1.165) is 18.3 Å². The van der Waals surface area contributed by atoms with E-state index in [2.05, 4.69) is 27.0 Å². The SMILES string of the molecule is C=CC(=C)C1B(CCC)C1CC. The molecule has 0 radical (unpaired) electrons. The van der Waals surface area contributed by atoms with Crippen molar-refractivity contribution in [1.29, 1.82) is 0 Å². The van der Waals surface area contributed by atoms with Crippen LogP contribution in [0.4, 0.5) is 0 Å². The van der Waals surface area contributed by atoms with Crippen molar-refractivity contribution in [3.8, 4) is 0 Å². The van der Waals surface area contributed by atoms with Crippen molar-refractivity contribution in [2.24, 2.45) is 0 Å². The molecule has 0 nitrogen and oxygen atoms in total. The minimum Gasteiger partial charge on any atom is -0.0988 e. The molecule has 0 spiro atoms. The van der Waals surface area contributed by atoms with E-state index in [1.54, 1.807) is 0 Å². The maximum absolute atomic E-state index is 4.05. The highest BCUT2D eigenvalue weighted by Gasteiger charge is 2.50. The van der Waals surface area contributed by atoms with E-state index in [1.807, 2.05) is 6.08 Å². The van der Waals surface area contributed by atoms with Crippen molar-refractivity contribution in [1.82, 2.24) is 0 Å². The second-order valence-electron chi connectivity index (χ2n) is 3.83. The lowest BCUT2D eigenvalue weighted by Gasteiger charge is -1.95. The van der Waals surface area contributed by atoms with Gasteiger partial charge < -0.3 is 0 Å². The van der Waals surface area contributed by atoms with Crippen LogP contribution in [0.5, 0.6) is 0 Å². The first kappa shape index (κ1) is 9.63. The van der Waals surface area contributed by atoms with Gasteiger partial charge in [0.1, 0.15) is 0 Å². The predicted molar refractivity (Wildman–Crippen MR) is 58.0 cm³/mol. The van der Waals surface area contributed by atoms with Crippen LogP contribution < -0.4 is 0 Å². The minimum absolute atomic E-state index is 0.771. The monoisotopic (exact) mass is 162 g/mol. The lowest BCUT2D eigenvalue weighted by Crippen LogP contribution is -1.90. The van der Waals surface area contributed by atoms with Crippen LogP contribution in [0.2, 0.25) is 18.0 Å². The Labute approximate surface area is 76.8 Å². The molecule has 0 aliphatic carbocycles. The fraction of sp³-hybridized carbons (Fsp3) is 0.636. The van der Waals surface area contributed by atoms with E-state index in [-0.39, 0.29) is 0 Å². The van der Waals surface area contributed by atoms with E-state index in [4.69, 9.17) is 0 Å². The van der Waals surface area contributed by atoms with Crippen LogP contribution in [0.15, 0.2) is 24.8 Å². The summed E-state index contributed by atoms with van der Waals surface area (Å²) < 4.78 is 0. The molecule has 0 saturated carbocycles. The number of rotatable bonds is 5. The summed E-state index contributed by atoms with van der Waals surface area (Å²) >= 11 is 0. The average Bonchev–Trinajstić information content (AvgIpc) is 2.78. The molecule has 0 aromatic heterocycles. The first-order valence-electron chi connectivity index (χ1n) is 5.07. The zero-order chi connectivity index (χ0) is 9.14. The fourth-order valence-electron chi connectivity index (χ4n) is 2.41. The number of hydrogen-bond acceptors (Lipinski definition) is 0. The van der Waals surface area contributed by atoms with Crippen LogP contribution in [0, 0.1) is 0 Å². The summed E-state index contributed by atoms with van der Waals surface area (Å²) in [5, 5.41) is 0. The van der Waals surface area contributed by atoms with Crippen molar-refractivity contribution in [2.45, 2.75) is 44.6 Å². The summed E-state index contributed by atoms with van der Waals surface area (Å²) in [5.41, 5.74) is 1.26. The molecule has 0 amide bonds. The minimum atomic E-state index is 0.771. The van der Waals surface area contributed by atoms with E-state index in [9.17, 15) is 0 Å². The quantitative estimate of drug-likeness (QED) is 0.426. The topological polar surface area (TPSA) is 0 Å². The Bertz CT molecular complexity index is 183. The lowest BCUT2D eigenvalue weighted by molar-refractivity contribution is 0.895. The molecule has 2 unspecified atom stereocenters. The Morgan fingerprint density at radius 2 is 2.17 bits per heavy atom. The summed E-state index contributed by atoms with van der Waals surface area (Å²) in [7, 11) is 0. The molecule has 1 heterocycles. The summed E-state index contributed by atoms with van der Waals surface area (Å²) in [4.78, 5) is 0. The molecule has 0 aromatic rings. The van der Waals surface area contributed by atoms with Gasteiger partial charge in [-0.25, -0.2) is 0 Å². The second kappa shape index (κ2) is 3.98. The zero-order valence-corrected chi connectivity index (χ0v) is 8.34. The van der Waals surface area contributed by atoms with E-state index in [1.165, 1.54) is 24.7 Å². The van der Waals surface area contributed by atoms with Gasteiger partial charge in [-0.1, -0.05) is 63.6 Å². The Hall–Kier alpha value is -0.455. The van der Waals surface area contributed by atoms with Crippen LogP contribution in [0.25, 0.3) is 0 Å². The summed E-state index contributed by atoms with van der Waals surface area (Å²) in [6, 6.07) is 0. The highest BCUT2D eigenvalue weighted by Crippen LogP contribution is 2.58. The standard InChI is InChI=1S/C11H19B/c1-5-8-12-10(7-3)11(12)9(4)6-2/h6,10-11H,2,4-5,7-8H2,1,3H3. The van der Waals surface area contributed by atoms with Gasteiger partial charge in [0.05, 0.1) is 0 Å². The van der Waals surface area contributed by atoms with E-state index >= 15 is 0 Å². The molecule has 2 atom stereocenters. The van der Waals surface area contributed by atoms with Crippen molar-refractivity contribution in [3.05, 3.63) is 24.8 Å². The largest absolute Gasteiger partial charge is 0.150 e. The molecule has 12 heavy (non-hydrogen) atoms. The maximum Gasteiger partial charge on any atom is 0.150 e. The Morgan fingerprint density at radius 3 is 2.58 bits per heavy atom. The van der Waals surface area contributed by atoms with Crippen LogP contribution in [0.1, 0.15) is 26.7 Å². The molecular formula is C11H19B. The van der Waals surface area contributed by atoms with Gasteiger partial charge in [0.2, 0.25) is 0 Å². The van der Waals surface area contributed by atoms with Crippen LogP contribution in [0.3, 0.4) is 0 Å². The van der Waals surface area contributed by atoms with Crippen LogP contribution in [-0.4, -0.2) is 6.71 Å². The molecule has 1 aliphatic rings. The summed E-state index contributed by atoms with van der Waals surface area (Å²) in [6.07, 6.45) is 5.92. The van der Waals surface area contributed by atoms with Gasteiger partial charge in [-0.3, -0.25) is 0 Å². The molecule has 1 heteroatoms. The third kappa shape index (κ3) is 1.65. The molecule has 1 fully saturated rings. The highest BCUT2D eigenvalue weighted by molar-refractivity contribution is 6.75. The van der Waals surface area contributed by atoms with Crippen LogP contribution in [-0.2, 0) is 0 Å². The van der Waals surface area contributed by atoms with E-state index in [0.29, 0.717) is 0 Å². The zero-order valence-electron chi connectivity index (χ0n) is 8.34. The Morgan fingerprint density at radius 1 is 1.50 bits per heavy atom. The smallest absolute Gasteiger partial charge is 0.0988 e. The number of allylic oxidation sites excluding steroid dienone is 2. The second-order valence-corrected chi connectivity index (χ2v) is 3.83. The third-order valence-electron chi connectivity index (χ3n) is 3.12. The maximum atomic E-state index is 4.05. The third-order valence-corrected chi connectivity index (χ3v) is 3.12. The summed E-state index contributed by atoms with van der Waals surface area (Å²) in [6.45, 7) is 13.3. The van der Waals surface area contributed by atoms with Crippen molar-refractivity contribution in [2.75, 3.05) is 0 Å². The fourth-order valence-corrected chi connectivity index (χ4v) is 2.41. The van der Waals surface area contributed by atoms with Crippen molar-refractivity contribution >= 4 is 6.71 Å². The first-order valence-corrected chi connectivity index (χ1v) is 5.07. The van der Waals surface area contributed by atoms with Gasteiger partial charge in [-0.15, -0.1) is 0 Å². The molecule has 0 aromatic carbocycles. The molecule has 66 valence electrons. The van der Waals surface area contributed by atoms with Gasteiger partial charge in [0, 0.05) is 0 Å². The van der Waals surface area contributed by atoms with Gasteiger partial charge in [0.25, 0.3) is 0 Å². The molecule has 0 bridgehead atoms. The molecular weight excluding hydrogens is 143 g/mol. The lowest BCUT2D eigenvalue weighted by atomic mass is 9.60. The van der Waals surface area contributed by atoms with Gasteiger partial charge in [-0.05, 0) is 5.82 Å². The molecule has 1 saturated heterocycles. The highest BCUT2D eigenvalue weighted by atomic mass is 14.3. The Balaban J connectivity index is 2.46. The van der Waals surface area contributed by atoms with E-state index < -0.39 is 0 Å². The van der Waals surface area contributed by atoms with Gasteiger partial charge in [0.15, 0.2) is 6.71 Å². The summed E-state index contributed by atoms with van der Waals surface area (Å²) in [5.74, 6) is 1.68.